The third kappa shape index (κ3) is 62.7. The van der Waals surface area contributed by atoms with E-state index in [0.29, 0.717) is 19.3 Å². The maximum atomic E-state index is 12.9. The summed E-state index contributed by atoms with van der Waals surface area (Å²) in [5, 5.41) is 0. The SMILES string of the molecule is CC/C=C\C/C=C\C/C=C\C/C=C\C/C=C\C/C=C\CCCCC(=O)OC(COC(=O)CCCCCC/C=C\C/C=C\C/C=C\C/C=C\CC)COC(=O)CCCCCCCCCCCCCCCCCCCCCCCC. The smallest absolute Gasteiger partial charge is 0.306 e. The molecule has 0 aromatic carbocycles. The molecule has 0 rings (SSSR count). The molecule has 0 N–H and O–H groups in total. The van der Waals surface area contributed by atoms with Crippen molar-refractivity contribution in [1.29, 1.82) is 0 Å². The maximum Gasteiger partial charge on any atom is 0.306 e. The van der Waals surface area contributed by atoms with E-state index in [0.717, 1.165) is 128 Å². The molecule has 0 spiro atoms. The first-order valence-electron chi connectivity index (χ1n) is 32.5. The summed E-state index contributed by atoms with van der Waals surface area (Å²) in [5.74, 6) is -0.965. The molecule has 78 heavy (non-hydrogen) atoms. The normalized spacial score (nSPS) is 12.9. The van der Waals surface area contributed by atoms with Crippen molar-refractivity contribution in [3.8, 4) is 0 Å². The third-order valence-corrected chi connectivity index (χ3v) is 13.7. The van der Waals surface area contributed by atoms with Crippen LogP contribution in [0.25, 0.3) is 0 Å². The first kappa shape index (κ1) is 73.8. The van der Waals surface area contributed by atoms with Gasteiger partial charge in [0.2, 0.25) is 0 Å². The summed E-state index contributed by atoms with van der Waals surface area (Å²) in [4.78, 5) is 38.4. The average molecular weight is 1080 g/mol. The van der Waals surface area contributed by atoms with Crippen molar-refractivity contribution in [3.63, 3.8) is 0 Å². The van der Waals surface area contributed by atoms with Gasteiger partial charge >= 0.3 is 17.9 Å². The highest BCUT2D eigenvalue weighted by Gasteiger charge is 2.19. The van der Waals surface area contributed by atoms with Gasteiger partial charge in [-0.1, -0.05) is 290 Å². The van der Waals surface area contributed by atoms with Crippen LogP contribution >= 0.6 is 0 Å². The summed E-state index contributed by atoms with van der Waals surface area (Å²) in [6, 6.07) is 0. The molecular weight excluding hydrogens is 961 g/mol. The van der Waals surface area contributed by atoms with E-state index in [1.54, 1.807) is 0 Å². The highest BCUT2D eigenvalue weighted by molar-refractivity contribution is 5.71. The summed E-state index contributed by atoms with van der Waals surface area (Å²) < 4.78 is 16.9. The quantitative estimate of drug-likeness (QED) is 0.0261. The minimum atomic E-state index is -0.815. The van der Waals surface area contributed by atoms with Gasteiger partial charge in [-0.25, -0.2) is 0 Å². The highest BCUT2D eigenvalue weighted by Crippen LogP contribution is 2.17. The average Bonchev–Trinajstić information content (AvgIpc) is 3.44. The zero-order chi connectivity index (χ0) is 56.4. The van der Waals surface area contributed by atoms with Gasteiger partial charge in [0.25, 0.3) is 0 Å². The van der Waals surface area contributed by atoms with Gasteiger partial charge in [-0.2, -0.15) is 0 Å². The van der Waals surface area contributed by atoms with Crippen LogP contribution in [-0.2, 0) is 28.6 Å². The lowest BCUT2D eigenvalue weighted by molar-refractivity contribution is -0.167. The molecule has 0 aliphatic carbocycles. The minimum Gasteiger partial charge on any atom is -0.462 e. The summed E-state index contributed by atoms with van der Waals surface area (Å²) in [6.45, 7) is 6.38. The first-order chi connectivity index (χ1) is 38.5. The van der Waals surface area contributed by atoms with Crippen LogP contribution < -0.4 is 0 Å². The maximum absolute atomic E-state index is 12.9. The number of esters is 3. The Kier molecular flexibility index (Phi) is 61.8. The lowest BCUT2D eigenvalue weighted by Gasteiger charge is -2.18. The largest absolute Gasteiger partial charge is 0.462 e. The van der Waals surface area contributed by atoms with Crippen molar-refractivity contribution in [2.75, 3.05) is 13.2 Å². The Morgan fingerprint density at radius 1 is 0.269 bits per heavy atom. The van der Waals surface area contributed by atoms with Gasteiger partial charge in [0, 0.05) is 19.3 Å². The van der Waals surface area contributed by atoms with Gasteiger partial charge in [0.1, 0.15) is 13.2 Å². The first-order valence-corrected chi connectivity index (χ1v) is 32.5. The van der Waals surface area contributed by atoms with Crippen molar-refractivity contribution in [2.24, 2.45) is 0 Å². The van der Waals surface area contributed by atoms with E-state index in [1.807, 2.05) is 0 Å². The molecule has 0 saturated carbocycles. The van der Waals surface area contributed by atoms with E-state index < -0.39 is 6.10 Å². The van der Waals surface area contributed by atoms with Gasteiger partial charge < -0.3 is 14.2 Å². The zero-order valence-electron chi connectivity index (χ0n) is 50.9. The van der Waals surface area contributed by atoms with Crippen molar-refractivity contribution in [3.05, 3.63) is 122 Å². The second kappa shape index (κ2) is 65.3. The predicted octanol–water partition coefficient (Wildman–Crippen LogP) is 22.4. The number of rotatable bonds is 58. The number of hydrogen-bond acceptors (Lipinski definition) is 6. The van der Waals surface area contributed by atoms with E-state index in [4.69, 9.17) is 14.2 Å². The molecule has 6 heteroatoms. The summed E-state index contributed by atoms with van der Waals surface area (Å²) in [5.41, 5.74) is 0. The fourth-order valence-electron chi connectivity index (χ4n) is 8.91. The Morgan fingerprint density at radius 3 is 0.808 bits per heavy atom. The topological polar surface area (TPSA) is 78.9 Å². The van der Waals surface area contributed by atoms with Gasteiger partial charge in [-0.3, -0.25) is 14.4 Å². The van der Waals surface area contributed by atoms with Crippen LogP contribution in [0, 0.1) is 0 Å². The molecule has 0 bridgehead atoms. The monoisotopic (exact) mass is 1080 g/mol. The van der Waals surface area contributed by atoms with Crippen molar-refractivity contribution < 1.29 is 28.6 Å². The molecule has 0 aliphatic rings. The lowest BCUT2D eigenvalue weighted by Crippen LogP contribution is -2.30. The fourth-order valence-corrected chi connectivity index (χ4v) is 8.91. The van der Waals surface area contributed by atoms with Crippen LogP contribution in [0.5, 0.6) is 0 Å². The Balaban J connectivity index is 4.47. The second-order valence-electron chi connectivity index (χ2n) is 21.3. The summed E-state index contributed by atoms with van der Waals surface area (Å²) in [7, 11) is 0. The molecule has 0 fully saturated rings. The van der Waals surface area contributed by atoms with Crippen LogP contribution in [0.15, 0.2) is 122 Å². The van der Waals surface area contributed by atoms with E-state index in [1.165, 1.54) is 122 Å². The fraction of sp³-hybridized carbons (Fsp3) is 0.681. The van der Waals surface area contributed by atoms with Crippen LogP contribution in [-0.4, -0.2) is 37.2 Å². The molecule has 0 saturated heterocycles. The zero-order valence-corrected chi connectivity index (χ0v) is 50.9. The number of carbonyl (C=O) groups excluding carboxylic acids is 3. The van der Waals surface area contributed by atoms with Gasteiger partial charge in [-0.15, -0.1) is 0 Å². The Bertz CT molecular complexity index is 1620. The van der Waals surface area contributed by atoms with Gasteiger partial charge in [0.05, 0.1) is 0 Å². The molecule has 444 valence electrons. The highest BCUT2D eigenvalue weighted by atomic mass is 16.6. The third-order valence-electron chi connectivity index (χ3n) is 13.7. The number of unbranched alkanes of at least 4 members (excludes halogenated alkanes) is 27. The van der Waals surface area contributed by atoms with Crippen molar-refractivity contribution >= 4 is 17.9 Å². The summed E-state index contributed by atoms with van der Waals surface area (Å²) in [6.07, 6.45) is 90.7. The molecule has 0 amide bonds. The lowest BCUT2D eigenvalue weighted by atomic mass is 10.0. The second-order valence-corrected chi connectivity index (χ2v) is 21.3. The van der Waals surface area contributed by atoms with E-state index in [2.05, 4.69) is 142 Å². The van der Waals surface area contributed by atoms with Crippen LogP contribution in [0.4, 0.5) is 0 Å². The molecule has 0 aromatic heterocycles. The molecule has 6 nitrogen and oxygen atoms in total. The van der Waals surface area contributed by atoms with Crippen molar-refractivity contribution in [1.82, 2.24) is 0 Å². The molecule has 0 aliphatic heterocycles. The predicted molar refractivity (Wildman–Crippen MR) is 339 cm³/mol. The Morgan fingerprint density at radius 2 is 0.500 bits per heavy atom. The van der Waals surface area contributed by atoms with Gasteiger partial charge in [-0.05, 0) is 109 Å². The number of allylic oxidation sites excluding steroid dienone is 20. The van der Waals surface area contributed by atoms with E-state index in [-0.39, 0.29) is 37.5 Å². The molecular formula is C72H120O6. The minimum absolute atomic E-state index is 0.104. The Hall–Kier alpha value is -4.19. The van der Waals surface area contributed by atoms with Gasteiger partial charge in [0.15, 0.2) is 6.10 Å². The standard InChI is InChI=1S/C72H120O6/c1-4-7-10-13-16-19-22-25-28-31-33-35-37-38-41-44-47-50-53-56-59-62-65-71(74)77-68-69(67-76-70(73)64-61-58-55-52-49-46-43-40-30-27-24-21-18-15-12-9-6-3)78-72(75)66-63-60-57-54-51-48-45-42-39-36-34-32-29-26-23-20-17-14-11-8-5-2/h8-9,11-12,17-18,20-21,26-27,29-30,34,36,42-43,45-46,51,54,69H,4-7,10,13-16,19,22-25,28,31-33,35,37-41,44,47-50,52-53,55-68H2,1-3H3/b11-8-,12-9-,20-17-,21-18-,29-26-,30-27-,36-34-,45-42-,46-43-,54-51-. The van der Waals surface area contributed by atoms with Crippen LogP contribution in [0.2, 0.25) is 0 Å². The Labute approximate surface area is 482 Å². The number of hydrogen-bond donors (Lipinski definition) is 0. The van der Waals surface area contributed by atoms with Crippen molar-refractivity contribution in [2.45, 2.75) is 303 Å². The molecule has 1 atom stereocenters. The molecule has 1 unspecified atom stereocenters. The molecule has 0 radical (unpaired) electrons. The molecule has 0 heterocycles. The number of carbonyl (C=O) groups is 3. The number of ether oxygens (including phenoxy) is 3. The van der Waals surface area contributed by atoms with Crippen LogP contribution in [0.3, 0.4) is 0 Å². The van der Waals surface area contributed by atoms with Crippen LogP contribution in [0.1, 0.15) is 297 Å². The molecule has 0 aromatic rings. The van der Waals surface area contributed by atoms with E-state index >= 15 is 0 Å². The summed E-state index contributed by atoms with van der Waals surface area (Å²) >= 11 is 0. The van der Waals surface area contributed by atoms with E-state index in [9.17, 15) is 14.4 Å².